The first kappa shape index (κ1) is 17.3. The van der Waals surface area contributed by atoms with Gasteiger partial charge in [-0.15, -0.1) is 11.6 Å². The zero-order chi connectivity index (χ0) is 15.8. The molecule has 0 aliphatic rings. The Morgan fingerprint density at radius 3 is 2.24 bits per heavy atom. The van der Waals surface area contributed by atoms with Gasteiger partial charge in [0.25, 0.3) is 5.91 Å². The van der Waals surface area contributed by atoms with E-state index < -0.39 is 0 Å². The molecule has 0 aromatic heterocycles. The number of aryl methyl sites for hydroxylation is 2. The minimum atomic E-state index is -0.256. The first-order chi connectivity index (χ1) is 9.95. The normalized spacial score (nSPS) is 10.1. The summed E-state index contributed by atoms with van der Waals surface area (Å²) in [7, 11) is 0. The van der Waals surface area contributed by atoms with Gasteiger partial charge in [0.2, 0.25) is 5.91 Å². The minimum absolute atomic E-state index is 0.0470. The lowest BCUT2D eigenvalue weighted by Gasteiger charge is -2.14. The smallest absolute Gasteiger partial charge is 0.258 e. The summed E-state index contributed by atoms with van der Waals surface area (Å²) in [5, 5.41) is 5.22. The van der Waals surface area contributed by atoms with Gasteiger partial charge in [-0.3, -0.25) is 9.59 Å². The summed E-state index contributed by atoms with van der Waals surface area (Å²) in [6.45, 7) is 6.56. The van der Waals surface area contributed by atoms with Crippen molar-refractivity contribution in [2.45, 2.75) is 20.8 Å². The van der Waals surface area contributed by atoms with Crippen molar-refractivity contribution in [3.8, 4) is 5.75 Å². The van der Waals surface area contributed by atoms with E-state index in [0.717, 1.165) is 22.4 Å². The van der Waals surface area contributed by atoms with Gasteiger partial charge in [-0.25, -0.2) is 0 Å². The fourth-order valence-electron chi connectivity index (χ4n) is 1.79. The maximum atomic E-state index is 11.7. The first-order valence-corrected chi connectivity index (χ1v) is 7.28. The van der Waals surface area contributed by atoms with Gasteiger partial charge < -0.3 is 15.4 Å². The van der Waals surface area contributed by atoms with Crippen LogP contribution in [0.1, 0.15) is 16.7 Å². The second kappa shape index (κ2) is 8.52. The van der Waals surface area contributed by atoms with Gasteiger partial charge in [-0.2, -0.15) is 0 Å². The maximum absolute atomic E-state index is 11.7. The third-order valence-electron chi connectivity index (χ3n) is 3.11. The lowest BCUT2D eigenvalue weighted by molar-refractivity contribution is -0.123. The molecule has 5 nitrogen and oxygen atoms in total. The number of nitrogens with one attached hydrogen (secondary N) is 2. The lowest BCUT2D eigenvalue weighted by Crippen LogP contribution is -2.37. The molecule has 0 aliphatic heterocycles. The molecule has 1 rings (SSSR count). The van der Waals surface area contributed by atoms with Gasteiger partial charge in [-0.1, -0.05) is 12.1 Å². The van der Waals surface area contributed by atoms with Crippen LogP contribution in [-0.4, -0.2) is 37.4 Å². The number of carbonyl (C=O) groups is 2. The van der Waals surface area contributed by atoms with Gasteiger partial charge in [0.05, 0.1) is 0 Å². The van der Waals surface area contributed by atoms with Crippen LogP contribution in [0, 0.1) is 20.8 Å². The number of hydrogen-bond acceptors (Lipinski definition) is 3. The quantitative estimate of drug-likeness (QED) is 0.592. The van der Waals surface area contributed by atoms with Crippen molar-refractivity contribution in [2.75, 3.05) is 25.6 Å². The average Bonchev–Trinajstić information content (AvgIpc) is 2.47. The highest BCUT2D eigenvalue weighted by Crippen LogP contribution is 2.25. The molecule has 21 heavy (non-hydrogen) atoms. The molecule has 0 aliphatic carbocycles. The van der Waals surface area contributed by atoms with E-state index in [-0.39, 0.29) is 24.3 Å². The first-order valence-electron chi connectivity index (χ1n) is 6.74. The summed E-state index contributed by atoms with van der Waals surface area (Å²) in [4.78, 5) is 22.6. The Bertz CT molecular complexity index is 518. The van der Waals surface area contributed by atoms with Crippen LogP contribution in [0.4, 0.5) is 0 Å². The van der Waals surface area contributed by atoms with Gasteiger partial charge in [0.1, 0.15) is 11.6 Å². The van der Waals surface area contributed by atoms with Crippen LogP contribution in [0.2, 0.25) is 0 Å². The summed E-state index contributed by atoms with van der Waals surface area (Å²) in [5.74, 6) is 0.187. The van der Waals surface area contributed by atoms with Crippen molar-refractivity contribution in [1.82, 2.24) is 10.6 Å². The van der Waals surface area contributed by atoms with Crippen molar-refractivity contribution in [1.29, 1.82) is 0 Å². The molecule has 2 N–H and O–H groups in total. The molecule has 0 bridgehead atoms. The van der Waals surface area contributed by atoms with Gasteiger partial charge in [0, 0.05) is 13.1 Å². The molecular formula is C15H21ClN2O3. The molecule has 0 saturated heterocycles. The predicted octanol–water partition coefficient (Wildman–Crippen LogP) is 1.46. The number of hydrogen-bond donors (Lipinski definition) is 2. The van der Waals surface area contributed by atoms with E-state index in [9.17, 15) is 9.59 Å². The van der Waals surface area contributed by atoms with E-state index in [1.807, 2.05) is 32.9 Å². The summed E-state index contributed by atoms with van der Waals surface area (Å²) in [6.07, 6.45) is 0. The van der Waals surface area contributed by atoms with Crippen molar-refractivity contribution in [2.24, 2.45) is 0 Å². The molecular weight excluding hydrogens is 292 g/mol. The molecule has 0 fully saturated rings. The molecule has 0 spiro atoms. The van der Waals surface area contributed by atoms with E-state index in [2.05, 4.69) is 10.6 Å². The molecule has 0 atom stereocenters. The number of halogens is 1. The molecule has 6 heteroatoms. The van der Waals surface area contributed by atoms with Crippen LogP contribution in [0.3, 0.4) is 0 Å². The Hall–Kier alpha value is -1.75. The standard InChI is InChI=1S/C15H21ClN2O3/c1-10-4-5-11(2)15(12(10)3)21-9-14(20)18-7-6-17-13(19)8-16/h4-5H,6-9H2,1-3H3,(H,17,19)(H,18,20). The summed E-state index contributed by atoms with van der Waals surface area (Å²) in [6, 6.07) is 3.99. The molecule has 0 saturated carbocycles. The number of amides is 2. The van der Waals surface area contributed by atoms with Crippen LogP contribution in [0.25, 0.3) is 0 Å². The number of rotatable bonds is 7. The number of benzene rings is 1. The number of alkyl halides is 1. The number of carbonyl (C=O) groups excluding carboxylic acids is 2. The third kappa shape index (κ3) is 5.63. The second-order valence-electron chi connectivity index (χ2n) is 4.78. The second-order valence-corrected chi connectivity index (χ2v) is 5.04. The van der Waals surface area contributed by atoms with E-state index in [1.54, 1.807) is 0 Å². The van der Waals surface area contributed by atoms with Crippen molar-refractivity contribution in [3.63, 3.8) is 0 Å². The van der Waals surface area contributed by atoms with E-state index >= 15 is 0 Å². The molecule has 1 aromatic carbocycles. The molecule has 1 aromatic rings. The van der Waals surface area contributed by atoms with Gasteiger partial charge >= 0.3 is 0 Å². The highest BCUT2D eigenvalue weighted by molar-refractivity contribution is 6.27. The zero-order valence-corrected chi connectivity index (χ0v) is 13.3. The van der Waals surface area contributed by atoms with E-state index in [1.165, 1.54) is 0 Å². The fraction of sp³-hybridized carbons (Fsp3) is 0.467. The van der Waals surface area contributed by atoms with Crippen molar-refractivity contribution in [3.05, 3.63) is 28.8 Å². The van der Waals surface area contributed by atoms with Crippen LogP contribution in [0.15, 0.2) is 12.1 Å². The van der Waals surface area contributed by atoms with Crippen LogP contribution >= 0.6 is 11.6 Å². The molecule has 0 unspecified atom stereocenters. The minimum Gasteiger partial charge on any atom is -0.483 e. The Balaban J connectivity index is 2.37. The van der Waals surface area contributed by atoms with Crippen molar-refractivity contribution < 1.29 is 14.3 Å². The highest BCUT2D eigenvalue weighted by atomic mass is 35.5. The van der Waals surface area contributed by atoms with Gasteiger partial charge in [-0.05, 0) is 37.5 Å². The van der Waals surface area contributed by atoms with Crippen LogP contribution < -0.4 is 15.4 Å². The zero-order valence-electron chi connectivity index (χ0n) is 12.6. The van der Waals surface area contributed by atoms with Crippen molar-refractivity contribution >= 4 is 23.4 Å². The SMILES string of the molecule is Cc1ccc(C)c(OCC(=O)NCCNC(=O)CCl)c1C. The molecule has 116 valence electrons. The summed E-state index contributed by atoms with van der Waals surface area (Å²) >= 11 is 5.33. The Kier molecular flexibility index (Phi) is 7.02. The average molecular weight is 313 g/mol. The van der Waals surface area contributed by atoms with E-state index in [0.29, 0.717) is 13.1 Å². The summed E-state index contributed by atoms with van der Waals surface area (Å²) in [5.41, 5.74) is 3.16. The van der Waals surface area contributed by atoms with E-state index in [4.69, 9.17) is 16.3 Å². The molecule has 2 amide bonds. The maximum Gasteiger partial charge on any atom is 0.258 e. The predicted molar refractivity (Wildman–Crippen MR) is 82.9 cm³/mol. The fourth-order valence-corrected chi connectivity index (χ4v) is 1.88. The Morgan fingerprint density at radius 1 is 1.05 bits per heavy atom. The third-order valence-corrected chi connectivity index (χ3v) is 3.35. The Morgan fingerprint density at radius 2 is 1.62 bits per heavy atom. The monoisotopic (exact) mass is 312 g/mol. The Labute approximate surface area is 130 Å². The highest BCUT2D eigenvalue weighted by Gasteiger charge is 2.09. The summed E-state index contributed by atoms with van der Waals surface area (Å²) < 4.78 is 5.59. The van der Waals surface area contributed by atoms with Crippen LogP contribution in [0.5, 0.6) is 5.75 Å². The largest absolute Gasteiger partial charge is 0.483 e. The molecule has 0 radical (unpaired) electrons. The van der Waals surface area contributed by atoms with Gasteiger partial charge in [0.15, 0.2) is 6.61 Å². The molecule has 0 heterocycles. The number of ether oxygens (including phenoxy) is 1. The van der Waals surface area contributed by atoms with Crippen LogP contribution in [-0.2, 0) is 9.59 Å². The lowest BCUT2D eigenvalue weighted by atomic mass is 10.1. The topological polar surface area (TPSA) is 67.4 Å².